The van der Waals surface area contributed by atoms with Gasteiger partial charge in [-0.2, -0.15) is 0 Å². The van der Waals surface area contributed by atoms with E-state index in [1.807, 2.05) is 30.3 Å². The van der Waals surface area contributed by atoms with Crippen molar-refractivity contribution < 1.29 is 6.22 Å². The SMILES string of the molecule is C[SiH]([O])c1ccccc1.[H+]. The molecule has 0 aliphatic rings. The summed E-state index contributed by atoms with van der Waals surface area (Å²) in [6, 6.07) is 9.57. The first-order valence-corrected chi connectivity index (χ1v) is 5.22. The Bertz CT molecular complexity index is 176. The average Bonchev–Trinajstić information content (AvgIpc) is 1.90. The summed E-state index contributed by atoms with van der Waals surface area (Å²) in [6.45, 7) is 1.79. The largest absolute Gasteiger partial charge is 1.00 e. The normalized spacial score (nSPS) is 13.1. The van der Waals surface area contributed by atoms with Gasteiger partial charge in [-0.25, -0.2) is 0 Å². The number of hydrogen-bond donors (Lipinski definition) is 0. The molecule has 1 rings (SSSR count). The molecule has 0 saturated carbocycles. The maximum Gasteiger partial charge on any atom is 1.00 e. The van der Waals surface area contributed by atoms with Crippen molar-refractivity contribution in [3.05, 3.63) is 30.3 Å². The minimum Gasteiger partial charge on any atom is -0.296 e. The van der Waals surface area contributed by atoms with E-state index in [-0.39, 0.29) is 1.43 Å². The van der Waals surface area contributed by atoms with Crippen molar-refractivity contribution in [2.45, 2.75) is 6.55 Å². The van der Waals surface area contributed by atoms with Gasteiger partial charge in [0.2, 0.25) is 9.04 Å². The Hall–Kier alpha value is -0.603. The zero-order valence-corrected chi connectivity index (χ0v) is 6.53. The second kappa shape index (κ2) is 2.80. The third-order valence-electron chi connectivity index (χ3n) is 1.27. The molecule has 1 aromatic rings. The van der Waals surface area contributed by atoms with Crippen molar-refractivity contribution in [1.82, 2.24) is 0 Å². The Balaban J connectivity index is 0.000000810. The molecule has 1 radical (unpaired) electrons. The van der Waals surface area contributed by atoms with Crippen molar-refractivity contribution in [2.24, 2.45) is 0 Å². The lowest BCUT2D eigenvalue weighted by molar-refractivity contribution is 0.465. The van der Waals surface area contributed by atoms with Gasteiger partial charge in [0, 0.05) is 0 Å². The fraction of sp³-hybridized carbons (Fsp3) is 0.143. The summed E-state index contributed by atoms with van der Waals surface area (Å²) in [5.41, 5.74) is 0. The third-order valence-corrected chi connectivity index (χ3v) is 2.59. The van der Waals surface area contributed by atoms with E-state index in [9.17, 15) is 4.80 Å². The van der Waals surface area contributed by atoms with Crippen molar-refractivity contribution in [3.8, 4) is 0 Å². The lowest BCUT2D eigenvalue weighted by Crippen LogP contribution is -2.23. The fourth-order valence-electron chi connectivity index (χ4n) is 0.724. The molecule has 1 nitrogen and oxygen atoms in total. The Morgan fingerprint density at radius 2 is 1.89 bits per heavy atom. The molecule has 0 N–H and O–H groups in total. The van der Waals surface area contributed by atoms with Crippen LogP contribution in [0.3, 0.4) is 0 Å². The molecule has 0 heterocycles. The maximum atomic E-state index is 10.9. The molecule has 0 aromatic heterocycles. The van der Waals surface area contributed by atoms with Crippen molar-refractivity contribution in [2.75, 3.05) is 0 Å². The minimum atomic E-state index is -1.78. The Morgan fingerprint density at radius 3 is 2.22 bits per heavy atom. The molecule has 0 aliphatic heterocycles. The van der Waals surface area contributed by atoms with Crippen molar-refractivity contribution in [1.29, 1.82) is 0 Å². The van der Waals surface area contributed by atoms with E-state index in [0.29, 0.717) is 0 Å². The molecule has 0 spiro atoms. The summed E-state index contributed by atoms with van der Waals surface area (Å²) in [6.07, 6.45) is 0. The predicted molar refractivity (Wildman–Crippen MR) is 40.9 cm³/mol. The molecule has 0 aliphatic carbocycles. The first-order chi connectivity index (χ1) is 4.30. The fourth-order valence-corrected chi connectivity index (χ4v) is 1.49. The molecule has 9 heavy (non-hydrogen) atoms. The minimum absolute atomic E-state index is 0. The molecule has 1 unspecified atom stereocenters. The Kier molecular flexibility index (Phi) is 2.03. The van der Waals surface area contributed by atoms with Crippen LogP contribution in [-0.4, -0.2) is 9.04 Å². The smallest absolute Gasteiger partial charge is 0.296 e. The summed E-state index contributed by atoms with van der Waals surface area (Å²) in [4.78, 5) is 10.9. The lowest BCUT2D eigenvalue weighted by atomic mass is 10.4. The topological polar surface area (TPSA) is 19.9 Å². The van der Waals surface area contributed by atoms with Gasteiger partial charge in [0.25, 0.3) is 0 Å². The van der Waals surface area contributed by atoms with Gasteiger partial charge in [0.05, 0.1) is 0 Å². The molecule has 47 valence electrons. The van der Waals surface area contributed by atoms with Crippen molar-refractivity contribution >= 4 is 14.2 Å². The molecule has 0 fully saturated rings. The second-order valence-electron chi connectivity index (χ2n) is 2.05. The second-order valence-corrected chi connectivity index (χ2v) is 4.00. The third kappa shape index (κ3) is 1.66. The highest BCUT2D eigenvalue weighted by atomic mass is 28.3. The van der Waals surface area contributed by atoms with Crippen LogP contribution >= 0.6 is 0 Å². The van der Waals surface area contributed by atoms with Gasteiger partial charge in [-0.05, 0) is 11.7 Å². The molecule has 1 atom stereocenters. The zero-order chi connectivity index (χ0) is 6.69. The van der Waals surface area contributed by atoms with E-state index in [1.54, 1.807) is 6.55 Å². The van der Waals surface area contributed by atoms with Gasteiger partial charge in [0.15, 0.2) is 0 Å². The van der Waals surface area contributed by atoms with E-state index >= 15 is 0 Å². The first-order valence-electron chi connectivity index (χ1n) is 3.01. The molecule has 1 aromatic carbocycles. The highest BCUT2D eigenvalue weighted by Crippen LogP contribution is 1.84. The van der Waals surface area contributed by atoms with Gasteiger partial charge in [-0.3, -0.25) is 4.80 Å². The summed E-state index contributed by atoms with van der Waals surface area (Å²) < 4.78 is 0. The van der Waals surface area contributed by atoms with Crippen LogP contribution in [0.5, 0.6) is 0 Å². The summed E-state index contributed by atoms with van der Waals surface area (Å²) in [5, 5.41) is 0.998. The van der Waals surface area contributed by atoms with Crippen LogP contribution < -0.4 is 5.19 Å². The molecule has 0 saturated heterocycles. The molecule has 0 bridgehead atoms. The van der Waals surface area contributed by atoms with Gasteiger partial charge >= 0.3 is 1.43 Å². The lowest BCUT2D eigenvalue weighted by Gasteiger charge is -1.96. The molecule has 2 heteroatoms. The van der Waals surface area contributed by atoms with Gasteiger partial charge in [-0.1, -0.05) is 30.3 Å². The van der Waals surface area contributed by atoms with E-state index in [0.717, 1.165) is 5.19 Å². The first kappa shape index (κ1) is 6.52. The monoisotopic (exact) mass is 138 g/mol. The standard InChI is InChI=1S/C7H9OSi/c1-9(8)7-5-3-2-4-6-7/h2-6,9H,1H3/p+1. The van der Waals surface area contributed by atoms with Crippen LogP contribution in [0, 0.1) is 0 Å². The van der Waals surface area contributed by atoms with E-state index < -0.39 is 9.04 Å². The van der Waals surface area contributed by atoms with E-state index in [1.165, 1.54) is 0 Å². The van der Waals surface area contributed by atoms with E-state index in [4.69, 9.17) is 0 Å². The van der Waals surface area contributed by atoms with Crippen LogP contribution in [0.1, 0.15) is 1.43 Å². The van der Waals surface area contributed by atoms with Crippen molar-refractivity contribution in [3.63, 3.8) is 0 Å². The maximum absolute atomic E-state index is 10.9. The van der Waals surface area contributed by atoms with Crippen LogP contribution in [0.15, 0.2) is 30.3 Å². The summed E-state index contributed by atoms with van der Waals surface area (Å²) >= 11 is 0. The predicted octanol–water partition coefficient (Wildman–Crippen LogP) is 0.790. The van der Waals surface area contributed by atoms with Gasteiger partial charge in [0.1, 0.15) is 0 Å². The van der Waals surface area contributed by atoms with Crippen LogP contribution in [-0.2, 0) is 4.80 Å². The summed E-state index contributed by atoms with van der Waals surface area (Å²) in [7, 11) is -1.78. The highest BCUT2D eigenvalue weighted by molar-refractivity contribution is 6.64. The molecular weight excluding hydrogens is 128 g/mol. The summed E-state index contributed by atoms with van der Waals surface area (Å²) in [5.74, 6) is 0. The number of hydrogen-bond acceptors (Lipinski definition) is 0. The molecular formula is C7H10OSi+. The number of benzene rings is 1. The quantitative estimate of drug-likeness (QED) is 0.511. The Morgan fingerprint density at radius 1 is 1.33 bits per heavy atom. The Labute approximate surface area is 58.2 Å². The van der Waals surface area contributed by atoms with Gasteiger partial charge in [-0.15, -0.1) is 0 Å². The average molecular weight is 138 g/mol. The number of rotatable bonds is 1. The van der Waals surface area contributed by atoms with Crippen LogP contribution in [0.25, 0.3) is 0 Å². The highest BCUT2D eigenvalue weighted by Gasteiger charge is 2.01. The van der Waals surface area contributed by atoms with Crippen LogP contribution in [0.4, 0.5) is 0 Å². The van der Waals surface area contributed by atoms with E-state index in [2.05, 4.69) is 0 Å². The molecule has 0 amide bonds. The van der Waals surface area contributed by atoms with Crippen LogP contribution in [0.2, 0.25) is 6.55 Å². The van der Waals surface area contributed by atoms with Gasteiger partial charge < -0.3 is 0 Å². The zero-order valence-electron chi connectivity index (χ0n) is 6.37.